The molecule has 0 aliphatic heterocycles. The number of aryl methyl sites for hydroxylation is 1. The number of carbonyl (C=O) groups is 1. The summed E-state index contributed by atoms with van der Waals surface area (Å²) in [4.78, 5) is 21.0. The van der Waals surface area contributed by atoms with Gasteiger partial charge in [0.05, 0.1) is 30.3 Å². The van der Waals surface area contributed by atoms with E-state index in [0.717, 1.165) is 36.3 Å². The molecule has 162 valence electrons. The lowest BCUT2D eigenvalue weighted by Gasteiger charge is -2.07. The fraction of sp³-hybridized carbons (Fsp3) is 0.346. The van der Waals surface area contributed by atoms with Crippen LogP contribution >= 0.6 is 0 Å². The predicted molar refractivity (Wildman–Crippen MR) is 123 cm³/mol. The number of hydrogen-bond acceptors (Lipinski definition) is 5. The number of aromatic nitrogens is 2. The van der Waals surface area contributed by atoms with Crippen LogP contribution in [0.25, 0.3) is 11.3 Å². The average Bonchev–Trinajstić information content (AvgIpc) is 2.81. The molecule has 1 heterocycles. The number of benzene rings is 2. The molecule has 0 fully saturated rings. The number of ether oxygens (including phenoxy) is 2. The summed E-state index contributed by atoms with van der Waals surface area (Å²) in [7, 11) is 0. The molecule has 0 bridgehead atoms. The molecule has 0 N–H and O–H groups in total. The Morgan fingerprint density at radius 3 is 2.23 bits per heavy atom. The molecule has 5 heteroatoms. The van der Waals surface area contributed by atoms with E-state index in [4.69, 9.17) is 9.47 Å². The molecule has 0 saturated carbocycles. The molecule has 0 atom stereocenters. The van der Waals surface area contributed by atoms with Crippen LogP contribution in [0.3, 0.4) is 0 Å². The van der Waals surface area contributed by atoms with Crippen molar-refractivity contribution in [2.75, 3.05) is 6.61 Å². The van der Waals surface area contributed by atoms with E-state index in [2.05, 4.69) is 48.1 Å². The van der Waals surface area contributed by atoms with E-state index in [1.807, 2.05) is 0 Å². The fourth-order valence-corrected chi connectivity index (χ4v) is 3.11. The SMILES string of the molecule is CCCCCc1ccc(-c2cnc(OC(=O)c3ccc(OCCCC)cc3)cn2)cc1. The summed E-state index contributed by atoms with van der Waals surface area (Å²) in [6.07, 6.45) is 9.97. The smallest absolute Gasteiger partial charge is 0.344 e. The van der Waals surface area contributed by atoms with Crippen molar-refractivity contribution in [3.05, 3.63) is 72.1 Å². The maximum atomic E-state index is 12.4. The monoisotopic (exact) mass is 418 g/mol. The van der Waals surface area contributed by atoms with Gasteiger partial charge in [0.25, 0.3) is 0 Å². The van der Waals surface area contributed by atoms with Crippen LogP contribution in [-0.4, -0.2) is 22.5 Å². The number of unbranched alkanes of at least 4 members (excludes halogenated alkanes) is 3. The second kappa shape index (κ2) is 11.8. The minimum atomic E-state index is -0.474. The Hall–Kier alpha value is -3.21. The summed E-state index contributed by atoms with van der Waals surface area (Å²) in [6, 6.07) is 15.3. The highest BCUT2D eigenvalue weighted by Gasteiger charge is 2.11. The molecular formula is C26H30N2O3. The normalized spacial score (nSPS) is 10.6. The van der Waals surface area contributed by atoms with Crippen LogP contribution in [-0.2, 0) is 6.42 Å². The zero-order valence-electron chi connectivity index (χ0n) is 18.3. The minimum Gasteiger partial charge on any atom is -0.494 e. The van der Waals surface area contributed by atoms with Crippen molar-refractivity contribution in [3.8, 4) is 22.9 Å². The van der Waals surface area contributed by atoms with Crippen molar-refractivity contribution in [2.45, 2.75) is 52.4 Å². The lowest BCUT2D eigenvalue weighted by Crippen LogP contribution is -2.09. The molecule has 0 unspecified atom stereocenters. The van der Waals surface area contributed by atoms with Gasteiger partial charge in [-0.05, 0) is 49.1 Å². The third kappa shape index (κ3) is 6.92. The predicted octanol–water partition coefficient (Wildman–Crippen LogP) is 6.27. The lowest BCUT2D eigenvalue weighted by atomic mass is 10.0. The first-order valence-corrected chi connectivity index (χ1v) is 11.1. The average molecular weight is 419 g/mol. The van der Waals surface area contributed by atoms with Gasteiger partial charge in [-0.2, -0.15) is 0 Å². The van der Waals surface area contributed by atoms with E-state index < -0.39 is 5.97 Å². The summed E-state index contributed by atoms with van der Waals surface area (Å²) in [5.74, 6) is 0.442. The fourth-order valence-electron chi connectivity index (χ4n) is 3.11. The molecule has 3 aromatic rings. The van der Waals surface area contributed by atoms with Crippen molar-refractivity contribution in [2.24, 2.45) is 0 Å². The van der Waals surface area contributed by atoms with Gasteiger partial charge in [0, 0.05) is 5.56 Å². The zero-order chi connectivity index (χ0) is 21.9. The van der Waals surface area contributed by atoms with Gasteiger partial charge in [0.1, 0.15) is 5.75 Å². The van der Waals surface area contributed by atoms with Gasteiger partial charge in [-0.25, -0.2) is 14.8 Å². The summed E-state index contributed by atoms with van der Waals surface area (Å²) in [5.41, 5.74) is 3.50. The second-order valence-electron chi connectivity index (χ2n) is 7.51. The summed E-state index contributed by atoms with van der Waals surface area (Å²) >= 11 is 0. The quantitative estimate of drug-likeness (QED) is 0.271. The Morgan fingerprint density at radius 2 is 1.58 bits per heavy atom. The highest BCUT2D eigenvalue weighted by Crippen LogP contribution is 2.20. The Bertz CT molecular complexity index is 936. The van der Waals surface area contributed by atoms with Gasteiger partial charge in [0.15, 0.2) is 0 Å². The largest absolute Gasteiger partial charge is 0.494 e. The number of rotatable bonds is 11. The van der Waals surface area contributed by atoms with Crippen LogP contribution in [0.15, 0.2) is 60.9 Å². The lowest BCUT2D eigenvalue weighted by molar-refractivity contribution is 0.0727. The third-order valence-corrected chi connectivity index (χ3v) is 5.00. The van der Waals surface area contributed by atoms with E-state index in [-0.39, 0.29) is 5.88 Å². The maximum Gasteiger partial charge on any atom is 0.344 e. The number of esters is 1. The van der Waals surface area contributed by atoms with Crippen molar-refractivity contribution >= 4 is 5.97 Å². The number of carbonyl (C=O) groups excluding carboxylic acids is 1. The molecule has 0 aliphatic rings. The van der Waals surface area contributed by atoms with Crippen LogP contribution in [0.4, 0.5) is 0 Å². The van der Waals surface area contributed by atoms with Crippen molar-refractivity contribution in [1.82, 2.24) is 9.97 Å². The first kappa shape index (κ1) is 22.5. The minimum absolute atomic E-state index is 0.174. The number of nitrogens with zero attached hydrogens (tertiary/aromatic N) is 2. The van der Waals surface area contributed by atoms with Crippen molar-refractivity contribution < 1.29 is 14.3 Å². The van der Waals surface area contributed by atoms with Crippen LogP contribution in [0, 0.1) is 0 Å². The van der Waals surface area contributed by atoms with Crippen LogP contribution in [0.2, 0.25) is 0 Å². The van der Waals surface area contributed by atoms with Crippen molar-refractivity contribution in [1.29, 1.82) is 0 Å². The van der Waals surface area contributed by atoms with Gasteiger partial charge in [-0.3, -0.25) is 0 Å². The molecule has 0 amide bonds. The van der Waals surface area contributed by atoms with Gasteiger partial charge in [-0.15, -0.1) is 0 Å². The van der Waals surface area contributed by atoms with Gasteiger partial charge >= 0.3 is 5.97 Å². The Morgan fingerprint density at radius 1 is 0.839 bits per heavy atom. The van der Waals surface area contributed by atoms with Gasteiger partial charge in [-0.1, -0.05) is 57.4 Å². The van der Waals surface area contributed by atoms with E-state index in [1.54, 1.807) is 30.5 Å². The van der Waals surface area contributed by atoms with Crippen LogP contribution in [0.1, 0.15) is 61.9 Å². The topological polar surface area (TPSA) is 61.3 Å². The molecule has 0 aliphatic carbocycles. The highest BCUT2D eigenvalue weighted by atomic mass is 16.5. The summed E-state index contributed by atoms with van der Waals surface area (Å²) in [6.45, 7) is 5.00. The number of hydrogen-bond donors (Lipinski definition) is 0. The molecule has 3 rings (SSSR count). The maximum absolute atomic E-state index is 12.4. The first-order chi connectivity index (χ1) is 15.2. The third-order valence-electron chi connectivity index (χ3n) is 5.00. The second-order valence-corrected chi connectivity index (χ2v) is 7.51. The summed E-state index contributed by atoms with van der Waals surface area (Å²) in [5, 5.41) is 0. The molecule has 31 heavy (non-hydrogen) atoms. The van der Waals surface area contributed by atoms with E-state index in [9.17, 15) is 4.79 Å². The van der Waals surface area contributed by atoms with Crippen molar-refractivity contribution in [3.63, 3.8) is 0 Å². The molecule has 0 radical (unpaired) electrons. The zero-order valence-corrected chi connectivity index (χ0v) is 18.3. The molecular weight excluding hydrogens is 388 g/mol. The van der Waals surface area contributed by atoms with E-state index in [0.29, 0.717) is 12.2 Å². The van der Waals surface area contributed by atoms with Crippen LogP contribution in [0.5, 0.6) is 11.6 Å². The van der Waals surface area contributed by atoms with E-state index >= 15 is 0 Å². The first-order valence-electron chi connectivity index (χ1n) is 11.1. The van der Waals surface area contributed by atoms with E-state index in [1.165, 1.54) is 31.0 Å². The Kier molecular flexibility index (Phi) is 8.59. The molecule has 0 spiro atoms. The summed E-state index contributed by atoms with van der Waals surface area (Å²) < 4.78 is 11.0. The van der Waals surface area contributed by atoms with Gasteiger partial charge in [0.2, 0.25) is 5.88 Å². The molecule has 2 aromatic carbocycles. The molecule has 1 aromatic heterocycles. The Balaban J connectivity index is 1.55. The highest BCUT2D eigenvalue weighted by molar-refractivity contribution is 5.90. The molecule has 0 saturated heterocycles. The molecule has 5 nitrogen and oxygen atoms in total. The van der Waals surface area contributed by atoms with Crippen LogP contribution < -0.4 is 9.47 Å². The Labute approximate surface area is 184 Å². The van der Waals surface area contributed by atoms with Gasteiger partial charge < -0.3 is 9.47 Å². The standard InChI is InChI=1S/C26H30N2O3/c1-3-5-7-8-20-9-11-21(12-10-20)24-18-28-25(19-27-24)31-26(29)22-13-15-23(16-14-22)30-17-6-4-2/h9-16,18-19H,3-8,17H2,1-2H3.